The summed E-state index contributed by atoms with van der Waals surface area (Å²) in [6.45, 7) is 6.06. The number of amides is 2. The van der Waals surface area contributed by atoms with Crippen LogP contribution in [0, 0.1) is 0 Å². The molecule has 3 aromatic heterocycles. The van der Waals surface area contributed by atoms with Gasteiger partial charge in [-0.1, -0.05) is 23.5 Å². The first-order chi connectivity index (χ1) is 18.1. The van der Waals surface area contributed by atoms with Crippen molar-refractivity contribution >= 4 is 32.7 Å². The first-order valence-electron chi connectivity index (χ1n) is 12.2. The van der Waals surface area contributed by atoms with E-state index in [9.17, 15) is 4.79 Å². The van der Waals surface area contributed by atoms with E-state index in [4.69, 9.17) is 14.5 Å². The Kier molecular flexibility index (Phi) is 9.50. The van der Waals surface area contributed by atoms with Gasteiger partial charge >= 0.3 is 6.03 Å². The van der Waals surface area contributed by atoms with Crippen LogP contribution < -0.4 is 10.6 Å². The van der Waals surface area contributed by atoms with Gasteiger partial charge in [-0.15, -0.1) is 0 Å². The zero-order chi connectivity index (χ0) is 26.0. The van der Waals surface area contributed by atoms with Crippen molar-refractivity contribution in [1.29, 1.82) is 0 Å². The highest BCUT2D eigenvalue weighted by Crippen LogP contribution is 2.38. The van der Waals surface area contributed by atoms with Crippen LogP contribution in [0.4, 0.5) is 9.93 Å². The van der Waals surface area contributed by atoms with Gasteiger partial charge < -0.3 is 14.8 Å². The van der Waals surface area contributed by atoms with E-state index >= 15 is 0 Å². The van der Waals surface area contributed by atoms with Gasteiger partial charge in [0.2, 0.25) is 0 Å². The summed E-state index contributed by atoms with van der Waals surface area (Å²) in [6.07, 6.45) is 3.67. The lowest BCUT2D eigenvalue weighted by molar-refractivity contribution is 0.109. The van der Waals surface area contributed by atoms with Crippen molar-refractivity contribution in [2.45, 2.75) is 13.5 Å². The Morgan fingerprint density at radius 3 is 2.49 bits per heavy atom. The Morgan fingerprint density at radius 2 is 1.84 bits per heavy atom. The van der Waals surface area contributed by atoms with Crippen LogP contribution in [0.5, 0.6) is 0 Å². The number of thiazole rings is 1. The number of carbonyl (C=O) groups is 1. The molecule has 2 N–H and O–H groups in total. The maximum atomic E-state index is 12.1. The minimum absolute atomic E-state index is 0.272. The highest BCUT2D eigenvalue weighted by molar-refractivity contribution is 7.22. The highest BCUT2D eigenvalue weighted by Gasteiger charge is 2.15. The van der Waals surface area contributed by atoms with Crippen LogP contribution in [-0.2, 0) is 16.0 Å². The van der Waals surface area contributed by atoms with Crippen LogP contribution in [-0.4, -0.2) is 73.0 Å². The lowest BCUT2D eigenvalue weighted by Gasteiger charge is -2.21. The van der Waals surface area contributed by atoms with E-state index in [0.29, 0.717) is 31.4 Å². The molecule has 194 valence electrons. The average Bonchev–Trinajstić information content (AvgIpc) is 3.32. The molecule has 9 nitrogen and oxygen atoms in total. The van der Waals surface area contributed by atoms with Crippen LogP contribution in [0.25, 0.3) is 32.6 Å². The number of hydrogen-bond donors (Lipinski definition) is 2. The number of methoxy groups -OCH3 is 2. The summed E-state index contributed by atoms with van der Waals surface area (Å²) in [5.74, 6) is 0. The third-order valence-electron chi connectivity index (χ3n) is 5.76. The number of ether oxygens (including phenoxy) is 2. The van der Waals surface area contributed by atoms with Gasteiger partial charge in [-0.2, -0.15) is 0 Å². The lowest BCUT2D eigenvalue weighted by atomic mass is 10.0. The molecule has 0 aliphatic heterocycles. The zero-order valence-electron chi connectivity index (χ0n) is 21.4. The first-order valence-corrected chi connectivity index (χ1v) is 13.0. The van der Waals surface area contributed by atoms with E-state index in [1.54, 1.807) is 20.4 Å². The molecule has 0 spiro atoms. The normalized spacial score (nSPS) is 11.2. The largest absolute Gasteiger partial charge is 0.383 e. The summed E-state index contributed by atoms with van der Waals surface area (Å²) in [6, 6.07) is 13.8. The quantitative estimate of drug-likeness (QED) is 0.280. The third kappa shape index (κ3) is 7.07. The number of urea groups is 1. The molecular formula is C27H32N6O3S. The van der Waals surface area contributed by atoms with Gasteiger partial charge in [0.1, 0.15) is 0 Å². The minimum atomic E-state index is -0.272. The number of nitrogens with one attached hydrogen (secondary N) is 2. The van der Waals surface area contributed by atoms with Crippen molar-refractivity contribution in [3.63, 3.8) is 0 Å². The molecule has 4 rings (SSSR count). The number of pyridine rings is 2. The molecule has 0 aliphatic rings. The number of nitrogens with zero attached hydrogens (tertiary/aromatic N) is 4. The number of anilines is 1. The van der Waals surface area contributed by atoms with Gasteiger partial charge in [-0.05, 0) is 42.8 Å². The van der Waals surface area contributed by atoms with Crippen LogP contribution in [0.2, 0.25) is 0 Å². The summed E-state index contributed by atoms with van der Waals surface area (Å²) in [5, 5.41) is 6.11. The number of rotatable bonds is 12. The van der Waals surface area contributed by atoms with Gasteiger partial charge in [0, 0.05) is 63.9 Å². The summed E-state index contributed by atoms with van der Waals surface area (Å²) >= 11 is 1.43. The van der Waals surface area contributed by atoms with Crippen molar-refractivity contribution in [3.05, 3.63) is 60.6 Å². The molecule has 0 bridgehead atoms. The van der Waals surface area contributed by atoms with Gasteiger partial charge in [0.25, 0.3) is 0 Å². The topological polar surface area (TPSA) is 102 Å². The van der Waals surface area contributed by atoms with Crippen LogP contribution in [0.1, 0.15) is 12.6 Å². The Labute approximate surface area is 220 Å². The molecule has 10 heteroatoms. The maximum Gasteiger partial charge on any atom is 0.321 e. The van der Waals surface area contributed by atoms with Crippen LogP contribution >= 0.6 is 11.3 Å². The number of aromatic nitrogens is 3. The molecule has 0 aliphatic carbocycles. The van der Waals surface area contributed by atoms with Crippen molar-refractivity contribution in [2.75, 3.05) is 52.4 Å². The van der Waals surface area contributed by atoms with E-state index in [-0.39, 0.29) is 6.03 Å². The van der Waals surface area contributed by atoms with E-state index in [1.807, 2.05) is 37.4 Å². The molecule has 4 aromatic rings. The molecule has 0 fully saturated rings. The number of fused-ring (bicyclic) bond motifs is 1. The zero-order valence-corrected chi connectivity index (χ0v) is 22.2. The fourth-order valence-corrected chi connectivity index (χ4v) is 4.86. The van der Waals surface area contributed by atoms with E-state index < -0.39 is 0 Å². The Hall–Kier alpha value is -3.44. The lowest BCUT2D eigenvalue weighted by Crippen LogP contribution is -2.30. The smallest absolute Gasteiger partial charge is 0.321 e. The number of carbonyl (C=O) groups excluding carboxylic acids is 1. The van der Waals surface area contributed by atoms with Crippen LogP contribution in [0.3, 0.4) is 0 Å². The summed E-state index contributed by atoms with van der Waals surface area (Å²) in [7, 11) is 3.41. The summed E-state index contributed by atoms with van der Waals surface area (Å²) in [5.41, 5.74) is 5.54. The van der Waals surface area contributed by atoms with Crippen molar-refractivity contribution in [2.24, 2.45) is 0 Å². The molecule has 2 amide bonds. The van der Waals surface area contributed by atoms with E-state index in [1.165, 1.54) is 11.3 Å². The third-order valence-corrected chi connectivity index (χ3v) is 6.78. The SMILES string of the molecule is CCNC(=O)Nc1nc2cc(-c3ccc(CN(CCOC)CCOC)nc3)cc(-c3ccccn3)c2s1. The van der Waals surface area contributed by atoms with Gasteiger partial charge in [0.05, 0.1) is 34.8 Å². The van der Waals surface area contributed by atoms with Gasteiger partial charge in [-0.3, -0.25) is 20.2 Å². The highest BCUT2D eigenvalue weighted by atomic mass is 32.1. The molecule has 1 aromatic carbocycles. The molecule has 0 radical (unpaired) electrons. The second-order valence-corrected chi connectivity index (χ2v) is 9.39. The standard InChI is InChI=1S/C27H32N6O3S/c1-4-28-26(34)32-27-31-24-16-20(15-22(25(24)37-27)23-7-5-6-10-29-23)19-8-9-21(30-17-19)18-33(11-13-35-2)12-14-36-3/h5-10,15-17H,4,11-14,18H2,1-3H3,(H2,28,31,32,34). The number of benzene rings is 1. The van der Waals surface area contributed by atoms with Crippen molar-refractivity contribution < 1.29 is 14.3 Å². The molecule has 0 unspecified atom stereocenters. The Morgan fingerprint density at radius 1 is 1.03 bits per heavy atom. The predicted molar refractivity (Wildman–Crippen MR) is 148 cm³/mol. The first kappa shape index (κ1) is 26.6. The Balaban J connectivity index is 1.64. The second kappa shape index (κ2) is 13.2. The van der Waals surface area contributed by atoms with E-state index in [2.05, 4.69) is 43.7 Å². The van der Waals surface area contributed by atoms with Crippen molar-refractivity contribution in [3.8, 4) is 22.4 Å². The molecule has 37 heavy (non-hydrogen) atoms. The Bertz CT molecular complexity index is 1290. The molecule has 0 saturated carbocycles. The molecule has 0 saturated heterocycles. The maximum absolute atomic E-state index is 12.1. The summed E-state index contributed by atoms with van der Waals surface area (Å²) in [4.78, 5) is 28.3. The van der Waals surface area contributed by atoms with Crippen LogP contribution in [0.15, 0.2) is 54.9 Å². The average molecular weight is 521 g/mol. The van der Waals surface area contributed by atoms with Crippen molar-refractivity contribution in [1.82, 2.24) is 25.2 Å². The monoisotopic (exact) mass is 520 g/mol. The second-order valence-electron chi connectivity index (χ2n) is 8.39. The minimum Gasteiger partial charge on any atom is -0.383 e. The summed E-state index contributed by atoms with van der Waals surface area (Å²) < 4.78 is 11.5. The molecule has 3 heterocycles. The van der Waals surface area contributed by atoms with Gasteiger partial charge in [-0.25, -0.2) is 9.78 Å². The van der Waals surface area contributed by atoms with E-state index in [0.717, 1.165) is 51.4 Å². The molecular weight excluding hydrogens is 488 g/mol. The predicted octanol–water partition coefficient (Wildman–Crippen LogP) is 4.66. The molecule has 0 atom stereocenters. The fourth-order valence-electron chi connectivity index (χ4n) is 3.90. The van der Waals surface area contributed by atoms with Gasteiger partial charge in [0.15, 0.2) is 5.13 Å². The fraction of sp³-hybridized carbons (Fsp3) is 0.333. The number of hydrogen-bond acceptors (Lipinski definition) is 8.